The minimum Gasteiger partial charge on any atom is -0.382 e. The van der Waals surface area contributed by atoms with Crippen molar-refractivity contribution < 1.29 is 45.9 Å². The summed E-state index contributed by atoms with van der Waals surface area (Å²) in [5.74, 6) is -2.08. The number of carbonyl (C=O) groups excluding carboxylic acids is 5. The Kier molecular flexibility index (Phi) is 17.9. The highest BCUT2D eigenvalue weighted by Crippen LogP contribution is 2.79. The van der Waals surface area contributed by atoms with E-state index in [0.29, 0.717) is 44.7 Å². The second-order valence-electron chi connectivity index (χ2n) is 25.3. The van der Waals surface area contributed by atoms with Crippen molar-refractivity contribution in [3.05, 3.63) is 124 Å². The van der Waals surface area contributed by atoms with E-state index in [2.05, 4.69) is 66.3 Å². The van der Waals surface area contributed by atoms with Crippen LogP contribution in [0.4, 0.5) is 25.8 Å². The predicted molar refractivity (Wildman–Crippen MR) is 325 cm³/mol. The number of thioether (sulfide) groups is 1. The van der Waals surface area contributed by atoms with Gasteiger partial charge in [0.05, 0.1) is 29.2 Å². The maximum atomic E-state index is 13.8. The van der Waals surface area contributed by atoms with Crippen molar-refractivity contribution in [3.63, 3.8) is 0 Å². The Morgan fingerprint density at radius 3 is 2.20 bits per heavy atom. The van der Waals surface area contributed by atoms with E-state index < -0.39 is 57.4 Å². The van der Waals surface area contributed by atoms with Crippen LogP contribution in [0.5, 0.6) is 0 Å². The third kappa shape index (κ3) is 13.4. The summed E-state index contributed by atoms with van der Waals surface area (Å²) in [7, 11) is -4.20. The summed E-state index contributed by atoms with van der Waals surface area (Å²) in [6, 6.07) is 26.3. The monoisotopic (exact) mass is 1200 g/mol. The quantitative estimate of drug-likeness (QED) is 0.0227. The van der Waals surface area contributed by atoms with E-state index in [-0.39, 0.29) is 51.3 Å². The van der Waals surface area contributed by atoms with Crippen LogP contribution in [0.1, 0.15) is 108 Å². The zero-order valence-electron chi connectivity index (χ0n) is 48.9. The number of nitrogens with zero attached hydrogens (tertiary/aromatic N) is 5. The van der Waals surface area contributed by atoms with Crippen molar-refractivity contribution in [2.45, 2.75) is 107 Å². The molecule has 0 spiro atoms. The van der Waals surface area contributed by atoms with E-state index in [1.165, 1.54) is 11.1 Å². The maximum Gasteiger partial charge on any atom is 0.264 e. The molecule has 3 saturated carbocycles. The molecule has 4 aliphatic carbocycles. The number of benzene rings is 4. The number of alkyl halides is 2. The summed E-state index contributed by atoms with van der Waals surface area (Å²) in [6.45, 7) is 17.3. The number of hydrogen-bond donors (Lipinski definition) is 4. The number of ether oxygens (including phenoxy) is 1. The lowest BCUT2D eigenvalue weighted by atomic mass is 9.32. The molecule has 21 heteroatoms. The van der Waals surface area contributed by atoms with Gasteiger partial charge in [0.2, 0.25) is 18.2 Å². The number of sulfonamides is 1. The van der Waals surface area contributed by atoms with E-state index in [1.54, 1.807) is 60.3 Å². The van der Waals surface area contributed by atoms with Gasteiger partial charge in [-0.1, -0.05) is 49.3 Å². The Hall–Kier alpha value is -6.23. The Balaban J connectivity index is 0.616. The fraction of sp³-hybridized carbons (Fsp3) is 0.516. The molecule has 5 amide bonds. The molecule has 4 N–H and O–H groups in total. The number of aryl methyl sites for hydroxylation is 1. The summed E-state index contributed by atoms with van der Waals surface area (Å²) in [6.07, 6.45) is 3.88. The second-order valence-corrected chi connectivity index (χ2v) is 28.0. The normalized spacial score (nSPS) is 24.0. The van der Waals surface area contributed by atoms with Crippen LogP contribution < -0.4 is 25.6 Å². The Labute approximate surface area is 502 Å². The minimum atomic E-state index is -4.20. The molecule has 12 rings (SSSR count). The Morgan fingerprint density at radius 1 is 0.800 bits per heavy atom. The molecule has 1 unspecified atom stereocenters. The van der Waals surface area contributed by atoms with Crippen molar-refractivity contribution in [2.24, 2.45) is 16.2 Å². The van der Waals surface area contributed by atoms with Gasteiger partial charge in [0.25, 0.3) is 27.7 Å². The van der Waals surface area contributed by atoms with Crippen LogP contribution in [0.2, 0.25) is 0 Å². The first-order valence-corrected chi connectivity index (χ1v) is 32.5. The molecule has 8 aliphatic rings. The zero-order valence-corrected chi connectivity index (χ0v) is 50.6. The first-order chi connectivity index (χ1) is 40.8. The van der Waals surface area contributed by atoms with Crippen LogP contribution in [0, 0.1) is 23.2 Å². The standard InChI is InChI=1S/C64H79F2N9O8S2/c1-43-36-49(85(81,82)70-57(77)44-12-14-47(15-13-44)74-31-29-73(30-32-74)38-45-20-22-62(2,3)37-51(45)63-40-64(41-63,42-63)61(65)66)16-17-52(43)68-46(39-84-48-8-5-4-6-9-48)21-24-71-25-27-72(28-26-71)33-35-83-34-23-67-53-11-7-10-50-56(53)60(80)75(59(50)79)54-18-19-55(76)69-58(54)78/h4-17,36,46,54,61,67-68H,18-35,37-42H2,1-3H3,(H,70,77)(H,69,76,78)/t46-,54?,63?,64?/m1/s1. The minimum absolute atomic E-state index is 0.000299. The van der Waals surface area contributed by atoms with Crippen LogP contribution in [-0.2, 0) is 24.3 Å². The molecule has 3 saturated heterocycles. The summed E-state index contributed by atoms with van der Waals surface area (Å²) in [4.78, 5) is 76.1. The van der Waals surface area contributed by atoms with Gasteiger partial charge in [0, 0.05) is 130 Å². The fourth-order valence-corrected chi connectivity index (χ4v) is 15.9. The molecule has 4 aliphatic heterocycles. The molecule has 85 heavy (non-hydrogen) atoms. The van der Waals surface area contributed by atoms with E-state index in [1.807, 2.05) is 37.3 Å². The molecule has 0 aromatic heterocycles. The molecule has 17 nitrogen and oxygen atoms in total. The number of carbonyl (C=O) groups is 5. The van der Waals surface area contributed by atoms with E-state index in [4.69, 9.17) is 4.74 Å². The van der Waals surface area contributed by atoms with Crippen molar-refractivity contribution >= 4 is 68.4 Å². The Bertz CT molecular complexity index is 3290. The number of imide groups is 2. The Morgan fingerprint density at radius 2 is 1.51 bits per heavy atom. The highest BCUT2D eigenvalue weighted by molar-refractivity contribution is 7.99. The number of fused-ring (bicyclic) bond motifs is 1. The molecular weight excluding hydrogens is 1120 g/mol. The first kappa shape index (κ1) is 60.5. The second kappa shape index (κ2) is 25.2. The van der Waals surface area contributed by atoms with Gasteiger partial charge in [-0.2, -0.15) is 0 Å². The molecule has 2 atom stereocenters. The van der Waals surface area contributed by atoms with Gasteiger partial charge in [-0.25, -0.2) is 21.9 Å². The van der Waals surface area contributed by atoms with Gasteiger partial charge >= 0.3 is 0 Å². The number of piperidine rings is 1. The summed E-state index contributed by atoms with van der Waals surface area (Å²) in [5.41, 5.74) is 6.13. The number of rotatable bonds is 24. The summed E-state index contributed by atoms with van der Waals surface area (Å²) >= 11 is 1.77. The molecule has 4 aromatic rings. The van der Waals surface area contributed by atoms with Gasteiger partial charge in [-0.3, -0.25) is 44.0 Å². The van der Waals surface area contributed by atoms with Gasteiger partial charge < -0.3 is 25.2 Å². The molecule has 454 valence electrons. The van der Waals surface area contributed by atoms with Gasteiger partial charge in [-0.05, 0) is 141 Å². The summed E-state index contributed by atoms with van der Waals surface area (Å²) in [5, 5.41) is 9.18. The third-order valence-corrected chi connectivity index (χ3v) is 21.3. The number of piperazine rings is 2. The molecular formula is C64H79F2N9O8S2. The van der Waals surface area contributed by atoms with Crippen LogP contribution in [0.25, 0.3) is 0 Å². The predicted octanol–water partition coefficient (Wildman–Crippen LogP) is 8.29. The van der Waals surface area contributed by atoms with Gasteiger partial charge in [0.15, 0.2) is 0 Å². The lowest BCUT2D eigenvalue weighted by Crippen LogP contribution is -2.66. The van der Waals surface area contributed by atoms with Crippen molar-refractivity contribution in [1.82, 2.24) is 29.6 Å². The number of anilines is 3. The van der Waals surface area contributed by atoms with E-state index in [0.717, 1.165) is 130 Å². The third-order valence-electron chi connectivity index (χ3n) is 18.8. The van der Waals surface area contributed by atoms with Gasteiger partial charge in [-0.15, -0.1) is 11.8 Å². The number of nitrogens with one attached hydrogen (secondary N) is 4. The average Bonchev–Trinajstić information content (AvgIpc) is 1.17. The topological polar surface area (TPSA) is 193 Å². The highest BCUT2D eigenvalue weighted by atomic mass is 32.2. The van der Waals surface area contributed by atoms with Crippen molar-refractivity contribution in [3.8, 4) is 0 Å². The number of allylic oxidation sites excluding steroid dienone is 1. The lowest BCUT2D eigenvalue weighted by molar-refractivity contribution is -0.250. The number of halogens is 2. The van der Waals surface area contributed by atoms with E-state index in [9.17, 15) is 41.2 Å². The fourth-order valence-electron chi connectivity index (χ4n) is 13.9. The van der Waals surface area contributed by atoms with Crippen LogP contribution >= 0.6 is 11.8 Å². The van der Waals surface area contributed by atoms with Crippen LogP contribution in [0.15, 0.2) is 112 Å². The molecule has 2 bridgehead atoms. The van der Waals surface area contributed by atoms with Crippen molar-refractivity contribution in [1.29, 1.82) is 0 Å². The maximum absolute atomic E-state index is 13.8. The summed E-state index contributed by atoms with van der Waals surface area (Å²) < 4.78 is 63.3. The molecule has 4 aromatic carbocycles. The van der Waals surface area contributed by atoms with Crippen LogP contribution in [-0.4, -0.2) is 174 Å². The van der Waals surface area contributed by atoms with Gasteiger partial charge in [0.1, 0.15) is 6.04 Å². The smallest absolute Gasteiger partial charge is 0.264 e. The van der Waals surface area contributed by atoms with Crippen LogP contribution in [0.3, 0.4) is 0 Å². The van der Waals surface area contributed by atoms with Crippen molar-refractivity contribution in [2.75, 3.05) is 113 Å². The first-order valence-electron chi connectivity index (χ1n) is 30.1. The average molecular weight is 1200 g/mol. The van der Waals surface area contributed by atoms with E-state index >= 15 is 0 Å². The molecule has 0 radical (unpaired) electrons. The highest BCUT2D eigenvalue weighted by Gasteiger charge is 2.73. The molecule has 6 fully saturated rings. The molecule has 4 heterocycles. The number of hydrogen-bond acceptors (Lipinski definition) is 15. The largest absolute Gasteiger partial charge is 0.382 e. The SMILES string of the molecule is Cc1cc(S(=O)(=O)NC(=O)c2ccc(N3CCN(CC4=C(C56CC(C(F)F)(C5)C6)CC(C)(C)CC4)CC3)cc2)ccc1N[C@H](CCN1CCN(CCOCCNc2cccc3c2C(=O)N(C2CCC(=O)NC2=O)C3=O)CC1)CSc1ccccc1. The lowest BCUT2D eigenvalue weighted by Gasteiger charge is -2.72. The number of amides is 5. The zero-order chi connectivity index (χ0) is 59.7.